The topological polar surface area (TPSA) is 38.7 Å². The summed E-state index contributed by atoms with van der Waals surface area (Å²) in [6.07, 6.45) is 3.54. The van der Waals surface area contributed by atoms with Gasteiger partial charge in [0.1, 0.15) is 17.5 Å². The van der Waals surface area contributed by atoms with Crippen LogP contribution in [0.3, 0.4) is 0 Å². The SMILES string of the molecule is [2H]C([2H])(c1cc(-c2ccc(F)cc2)ncc1CCc1cc(CCc2cnc(-c3ccc(F)cc3)cc2C([2H])([2H])C(C)(C)C)cc(-c2cc(F)ccc2-c2cnc(-c3ccccc3)cc2-c2ccc(-c3ccccc3)cc2)c1)C(C)(C)C. The fourth-order valence-corrected chi connectivity index (χ4v) is 9.87. The van der Waals surface area contributed by atoms with E-state index < -0.39 is 29.4 Å². The maximum atomic E-state index is 16.1. The normalized spacial score (nSPS) is 12.9. The van der Waals surface area contributed by atoms with E-state index in [0.29, 0.717) is 64.9 Å². The van der Waals surface area contributed by atoms with Gasteiger partial charge >= 0.3 is 0 Å². The van der Waals surface area contributed by atoms with E-state index in [1.807, 2.05) is 102 Å². The number of benzene rings is 7. The summed E-state index contributed by atoms with van der Waals surface area (Å²) in [4.78, 5) is 14.7. The van der Waals surface area contributed by atoms with Gasteiger partial charge in [0, 0.05) is 46.3 Å². The summed E-state index contributed by atoms with van der Waals surface area (Å²) in [6, 6.07) is 57.7. The van der Waals surface area contributed by atoms with Gasteiger partial charge in [-0.05, 0) is 200 Å². The van der Waals surface area contributed by atoms with E-state index in [2.05, 4.69) is 60.7 Å². The maximum absolute atomic E-state index is 16.1. The number of nitrogens with zero attached hydrogens (tertiary/aromatic N) is 3. The average Bonchev–Trinajstić information content (AvgIpc) is 3.57. The van der Waals surface area contributed by atoms with Crippen LogP contribution in [0.15, 0.2) is 207 Å². The van der Waals surface area contributed by atoms with E-state index in [0.717, 1.165) is 72.5 Å². The minimum atomic E-state index is -1.79. The molecule has 0 amide bonds. The summed E-state index contributed by atoms with van der Waals surface area (Å²) < 4.78 is 82.4. The first-order valence-corrected chi connectivity index (χ1v) is 26.3. The number of hydrogen-bond acceptors (Lipinski definition) is 3. The van der Waals surface area contributed by atoms with Crippen LogP contribution in [0.2, 0.25) is 0 Å². The van der Waals surface area contributed by atoms with Gasteiger partial charge in [0.15, 0.2) is 0 Å². The summed E-state index contributed by atoms with van der Waals surface area (Å²) >= 11 is 0. The van der Waals surface area contributed by atoms with Crippen molar-refractivity contribution < 1.29 is 18.7 Å². The largest absolute Gasteiger partial charge is 0.256 e. The molecule has 0 radical (unpaired) electrons. The Hall–Kier alpha value is -8.22. The number of halogens is 3. The Labute approximate surface area is 458 Å². The van der Waals surface area contributed by atoms with Crippen LogP contribution in [-0.4, -0.2) is 15.0 Å². The Morgan fingerprint density at radius 3 is 1.23 bits per heavy atom. The van der Waals surface area contributed by atoms with Gasteiger partial charge in [-0.15, -0.1) is 0 Å². The lowest BCUT2D eigenvalue weighted by Crippen LogP contribution is -2.12. The van der Waals surface area contributed by atoms with Crippen LogP contribution in [0.1, 0.15) is 80.4 Å². The molecule has 0 aliphatic carbocycles. The minimum Gasteiger partial charge on any atom is -0.256 e. The first kappa shape index (κ1) is 47.2. The van der Waals surface area contributed by atoms with Gasteiger partial charge < -0.3 is 0 Å². The molecule has 3 aromatic heterocycles. The van der Waals surface area contributed by atoms with E-state index in [1.54, 1.807) is 54.9 Å². The quantitative estimate of drug-likeness (QED) is 0.103. The monoisotopic (exact) mass is 1020 g/mol. The van der Waals surface area contributed by atoms with Crippen LogP contribution < -0.4 is 0 Å². The molecule has 0 saturated heterocycles. The van der Waals surface area contributed by atoms with Crippen LogP contribution >= 0.6 is 0 Å². The van der Waals surface area contributed by atoms with E-state index >= 15 is 4.39 Å². The van der Waals surface area contributed by atoms with Crippen LogP contribution in [0.5, 0.6) is 0 Å². The third kappa shape index (κ3) is 13.1. The van der Waals surface area contributed by atoms with Crippen molar-refractivity contribution in [3.05, 3.63) is 257 Å². The molecule has 10 aromatic rings. The molecule has 0 aliphatic rings. The summed E-state index contributed by atoms with van der Waals surface area (Å²) in [5, 5.41) is 0. The highest BCUT2D eigenvalue weighted by Gasteiger charge is 2.21. The van der Waals surface area contributed by atoms with Crippen LogP contribution in [0.4, 0.5) is 13.2 Å². The predicted octanol–water partition coefficient (Wildman–Crippen LogP) is 18.7. The molecule has 0 N–H and O–H groups in total. The third-order valence-corrected chi connectivity index (χ3v) is 13.6. The smallest absolute Gasteiger partial charge is 0.123 e. The van der Waals surface area contributed by atoms with Gasteiger partial charge in [-0.2, -0.15) is 0 Å². The van der Waals surface area contributed by atoms with E-state index in [9.17, 15) is 14.3 Å². The lowest BCUT2D eigenvalue weighted by atomic mass is 9.84. The Kier molecular flexibility index (Phi) is 13.8. The third-order valence-electron chi connectivity index (χ3n) is 13.6. The minimum absolute atomic E-state index is 0.373. The van der Waals surface area contributed by atoms with Crippen molar-refractivity contribution in [1.82, 2.24) is 15.0 Å². The molecule has 0 spiro atoms. The van der Waals surface area contributed by atoms with Crippen molar-refractivity contribution in [2.45, 2.75) is 80.0 Å². The standard InChI is InChI=1S/C71H64F3N3/c1-70(2,3)42-58-38-67(53-25-29-60(72)30-26-53)75-44-55(58)19-17-47-35-48(18-20-56-45-76-68(39-59(56)43-71(4,5)6)54-27-31-61(73)32-28-54)37-57(36-47)64-40-62(74)33-34-63(64)66-46-77-69(52-15-11-8-12-16-52)41-65(66)51-23-21-50(22-24-51)49-13-9-7-10-14-49/h7-16,21-41,44-46H,17-20,42-43H2,1-6H3/i42D2,43D2. The second-order valence-corrected chi connectivity index (χ2v) is 21.9. The summed E-state index contributed by atoms with van der Waals surface area (Å²) in [5.74, 6) is -1.16. The Bertz CT molecular complexity index is 3710. The van der Waals surface area contributed by atoms with Crippen LogP contribution in [0, 0.1) is 28.3 Å². The molecule has 0 fully saturated rings. The van der Waals surface area contributed by atoms with Crippen molar-refractivity contribution in [2.24, 2.45) is 10.8 Å². The van der Waals surface area contributed by atoms with Crippen molar-refractivity contribution in [3.8, 4) is 78.3 Å². The zero-order valence-electron chi connectivity index (χ0n) is 48.4. The van der Waals surface area contributed by atoms with Crippen LogP contribution in [0.25, 0.3) is 78.3 Å². The van der Waals surface area contributed by atoms with Gasteiger partial charge in [0.25, 0.3) is 0 Å². The Morgan fingerprint density at radius 1 is 0.325 bits per heavy atom. The number of aromatic nitrogens is 3. The average molecular weight is 1020 g/mol. The Morgan fingerprint density at radius 2 is 0.727 bits per heavy atom. The summed E-state index contributed by atoms with van der Waals surface area (Å²) in [7, 11) is 0. The molecular formula is C71H64F3N3. The zero-order chi connectivity index (χ0) is 57.3. The molecule has 77 heavy (non-hydrogen) atoms. The summed E-state index contributed by atoms with van der Waals surface area (Å²) in [5.41, 5.74) is 14.0. The van der Waals surface area contributed by atoms with Crippen molar-refractivity contribution in [1.29, 1.82) is 0 Å². The molecular weight excluding hydrogens is 952 g/mol. The molecule has 384 valence electrons. The van der Waals surface area contributed by atoms with Gasteiger partial charge in [0.2, 0.25) is 0 Å². The molecule has 3 heterocycles. The number of aryl methyl sites for hydroxylation is 4. The fraction of sp³-hybridized carbons (Fsp3) is 0.197. The van der Waals surface area contributed by atoms with Crippen LogP contribution in [-0.2, 0) is 38.4 Å². The Balaban J connectivity index is 1.10. The van der Waals surface area contributed by atoms with Crippen molar-refractivity contribution in [3.63, 3.8) is 0 Å². The maximum Gasteiger partial charge on any atom is 0.123 e. The van der Waals surface area contributed by atoms with Crippen molar-refractivity contribution in [2.75, 3.05) is 0 Å². The van der Waals surface area contributed by atoms with Gasteiger partial charge in [-0.1, -0.05) is 151 Å². The first-order chi connectivity index (χ1) is 38.6. The molecule has 3 nitrogen and oxygen atoms in total. The van der Waals surface area contributed by atoms with Crippen molar-refractivity contribution >= 4 is 0 Å². The molecule has 0 atom stereocenters. The van der Waals surface area contributed by atoms with Gasteiger partial charge in [-0.3, -0.25) is 15.0 Å². The lowest BCUT2D eigenvalue weighted by Gasteiger charge is -2.22. The second kappa shape index (κ2) is 22.5. The lowest BCUT2D eigenvalue weighted by molar-refractivity contribution is 0.409. The highest BCUT2D eigenvalue weighted by atomic mass is 19.1. The highest BCUT2D eigenvalue weighted by Crippen LogP contribution is 2.41. The highest BCUT2D eigenvalue weighted by molar-refractivity contribution is 5.93. The molecule has 6 heteroatoms. The summed E-state index contributed by atoms with van der Waals surface area (Å²) in [6.45, 7) is 11.3. The molecule has 0 bridgehead atoms. The molecule has 0 unspecified atom stereocenters. The molecule has 10 rings (SSSR count). The molecule has 0 aliphatic heterocycles. The predicted molar refractivity (Wildman–Crippen MR) is 312 cm³/mol. The zero-order valence-corrected chi connectivity index (χ0v) is 44.4. The fourth-order valence-electron chi connectivity index (χ4n) is 9.87. The van der Waals surface area contributed by atoms with Gasteiger partial charge in [0.05, 0.1) is 17.1 Å². The van der Waals surface area contributed by atoms with E-state index in [-0.39, 0.29) is 11.6 Å². The van der Waals surface area contributed by atoms with Gasteiger partial charge in [-0.25, -0.2) is 13.2 Å². The second-order valence-electron chi connectivity index (χ2n) is 21.9. The number of pyridine rings is 3. The number of rotatable bonds is 15. The molecule has 0 saturated carbocycles. The van der Waals surface area contributed by atoms with E-state index in [1.165, 1.54) is 30.3 Å². The first-order valence-electron chi connectivity index (χ1n) is 28.3. The number of hydrogen-bond donors (Lipinski definition) is 0. The van der Waals surface area contributed by atoms with E-state index in [4.69, 9.17) is 15.0 Å². The molecule has 7 aromatic carbocycles.